The largest absolute Gasteiger partial charge is 0.313 e. The van der Waals surface area contributed by atoms with Gasteiger partial charge in [-0.25, -0.2) is 0 Å². The zero-order valence-electron chi connectivity index (χ0n) is 11.1. The Morgan fingerprint density at radius 1 is 1.50 bits per heavy atom. The molecule has 0 aliphatic carbocycles. The van der Waals surface area contributed by atoms with Crippen molar-refractivity contribution in [1.82, 2.24) is 20.0 Å². The molecule has 0 spiro atoms. The molecule has 0 atom stereocenters. The van der Waals surface area contributed by atoms with E-state index in [9.17, 15) is 0 Å². The summed E-state index contributed by atoms with van der Waals surface area (Å²) in [5.41, 5.74) is 2.36. The van der Waals surface area contributed by atoms with Crippen LogP contribution in [0.5, 0.6) is 0 Å². The summed E-state index contributed by atoms with van der Waals surface area (Å²) in [5, 5.41) is 7.76. The van der Waals surface area contributed by atoms with Gasteiger partial charge in [0.15, 0.2) is 0 Å². The highest BCUT2D eigenvalue weighted by Gasteiger charge is 2.05. The van der Waals surface area contributed by atoms with Gasteiger partial charge in [-0.3, -0.25) is 9.58 Å². The third-order valence-electron chi connectivity index (χ3n) is 2.58. The molecule has 1 heterocycles. The number of rotatable bonds is 6. The molecule has 4 heteroatoms. The highest BCUT2D eigenvalue weighted by atomic mass is 15.3. The first-order chi connectivity index (χ1) is 7.49. The summed E-state index contributed by atoms with van der Waals surface area (Å²) in [6, 6.07) is 2.71. The van der Waals surface area contributed by atoms with Gasteiger partial charge in [-0.1, -0.05) is 13.8 Å². The lowest BCUT2D eigenvalue weighted by molar-refractivity contribution is 0.311. The molecule has 1 N–H and O–H groups in total. The van der Waals surface area contributed by atoms with Crippen molar-refractivity contribution in [2.45, 2.75) is 33.4 Å². The van der Waals surface area contributed by atoms with Crippen LogP contribution in [-0.4, -0.2) is 40.9 Å². The van der Waals surface area contributed by atoms with Gasteiger partial charge >= 0.3 is 0 Å². The molecule has 0 amide bonds. The second kappa shape index (κ2) is 6.01. The Kier molecular flexibility index (Phi) is 4.96. The maximum atomic E-state index is 4.35. The lowest BCUT2D eigenvalue weighted by atomic mass is 10.3. The van der Waals surface area contributed by atoms with Crippen LogP contribution in [0.3, 0.4) is 0 Å². The van der Waals surface area contributed by atoms with Crippen molar-refractivity contribution in [2.75, 3.05) is 20.1 Å². The molecule has 0 radical (unpaired) electrons. The second-order valence-electron chi connectivity index (χ2n) is 4.75. The Balaban J connectivity index is 2.34. The van der Waals surface area contributed by atoms with E-state index in [0.717, 1.165) is 25.3 Å². The summed E-state index contributed by atoms with van der Waals surface area (Å²) in [5.74, 6) is 0. The van der Waals surface area contributed by atoms with E-state index in [1.807, 2.05) is 18.7 Å². The van der Waals surface area contributed by atoms with Gasteiger partial charge in [0, 0.05) is 32.7 Å². The van der Waals surface area contributed by atoms with E-state index in [1.54, 1.807) is 0 Å². The molecule has 1 aromatic rings. The van der Waals surface area contributed by atoms with Gasteiger partial charge in [0.05, 0.1) is 11.4 Å². The summed E-state index contributed by atoms with van der Waals surface area (Å²) in [7, 11) is 4.15. The molecule has 0 bridgehead atoms. The Bertz CT molecular complexity index is 317. The number of aryl methyl sites for hydroxylation is 2. The van der Waals surface area contributed by atoms with Crippen molar-refractivity contribution in [3.8, 4) is 0 Å². The van der Waals surface area contributed by atoms with Crippen LogP contribution in [0.4, 0.5) is 0 Å². The summed E-state index contributed by atoms with van der Waals surface area (Å²) in [6.07, 6.45) is 0. The Hall–Kier alpha value is -0.870. The molecular formula is C12H24N4. The maximum absolute atomic E-state index is 4.35. The lowest BCUT2D eigenvalue weighted by Gasteiger charge is -2.17. The number of nitrogens with zero attached hydrogens (tertiary/aromatic N) is 3. The second-order valence-corrected chi connectivity index (χ2v) is 4.75. The van der Waals surface area contributed by atoms with Crippen LogP contribution in [0.2, 0.25) is 0 Å². The van der Waals surface area contributed by atoms with Crippen LogP contribution in [0.15, 0.2) is 6.07 Å². The molecule has 0 aliphatic heterocycles. The first kappa shape index (κ1) is 13.2. The molecule has 92 valence electrons. The molecule has 16 heavy (non-hydrogen) atoms. The van der Waals surface area contributed by atoms with Crippen LogP contribution in [0.25, 0.3) is 0 Å². The Morgan fingerprint density at radius 3 is 2.69 bits per heavy atom. The highest BCUT2D eigenvalue weighted by molar-refractivity contribution is 5.08. The van der Waals surface area contributed by atoms with Crippen molar-refractivity contribution < 1.29 is 0 Å². The van der Waals surface area contributed by atoms with E-state index < -0.39 is 0 Å². The molecule has 0 aliphatic rings. The standard InChI is InChI=1S/C12H24N4/c1-10(2)13-6-7-15(4)9-12-8-11(3)14-16(12)5/h8,10,13H,6-7,9H2,1-5H3. The fourth-order valence-electron chi connectivity index (χ4n) is 1.71. The van der Waals surface area contributed by atoms with Crippen LogP contribution < -0.4 is 5.32 Å². The quantitative estimate of drug-likeness (QED) is 0.787. The lowest BCUT2D eigenvalue weighted by Crippen LogP contribution is -2.32. The van der Waals surface area contributed by atoms with E-state index >= 15 is 0 Å². The van der Waals surface area contributed by atoms with Crippen LogP contribution in [0, 0.1) is 6.92 Å². The molecule has 4 nitrogen and oxygen atoms in total. The monoisotopic (exact) mass is 224 g/mol. The van der Waals surface area contributed by atoms with Crippen LogP contribution >= 0.6 is 0 Å². The van der Waals surface area contributed by atoms with E-state index in [-0.39, 0.29) is 0 Å². The van der Waals surface area contributed by atoms with Gasteiger partial charge in [0.1, 0.15) is 0 Å². The highest BCUT2D eigenvalue weighted by Crippen LogP contribution is 2.04. The van der Waals surface area contributed by atoms with Gasteiger partial charge in [0.25, 0.3) is 0 Å². The molecule has 0 fully saturated rings. The number of aromatic nitrogens is 2. The Labute approximate surface area is 98.6 Å². The number of likely N-dealkylation sites (N-methyl/N-ethyl adjacent to an activating group) is 1. The minimum Gasteiger partial charge on any atom is -0.313 e. The summed E-state index contributed by atoms with van der Waals surface area (Å²) in [4.78, 5) is 2.31. The van der Waals surface area contributed by atoms with Crippen molar-refractivity contribution in [1.29, 1.82) is 0 Å². The van der Waals surface area contributed by atoms with Gasteiger partial charge in [0.2, 0.25) is 0 Å². The van der Waals surface area contributed by atoms with Gasteiger partial charge in [-0.2, -0.15) is 5.10 Å². The smallest absolute Gasteiger partial charge is 0.0597 e. The molecule has 0 unspecified atom stereocenters. The van der Waals surface area contributed by atoms with E-state index in [2.05, 4.69) is 42.3 Å². The number of hydrogen-bond donors (Lipinski definition) is 1. The summed E-state index contributed by atoms with van der Waals surface area (Å²) < 4.78 is 1.96. The topological polar surface area (TPSA) is 33.1 Å². The van der Waals surface area contributed by atoms with Crippen molar-refractivity contribution in [3.63, 3.8) is 0 Å². The molecular weight excluding hydrogens is 200 g/mol. The summed E-state index contributed by atoms with van der Waals surface area (Å²) in [6.45, 7) is 9.42. The molecule has 0 saturated carbocycles. The zero-order valence-corrected chi connectivity index (χ0v) is 11.1. The first-order valence-electron chi connectivity index (χ1n) is 5.90. The van der Waals surface area contributed by atoms with E-state index in [0.29, 0.717) is 6.04 Å². The fraction of sp³-hybridized carbons (Fsp3) is 0.750. The zero-order chi connectivity index (χ0) is 12.1. The number of hydrogen-bond acceptors (Lipinski definition) is 3. The number of nitrogens with one attached hydrogen (secondary N) is 1. The van der Waals surface area contributed by atoms with Gasteiger partial charge in [-0.05, 0) is 20.0 Å². The molecule has 0 aromatic carbocycles. The van der Waals surface area contributed by atoms with E-state index in [4.69, 9.17) is 0 Å². The van der Waals surface area contributed by atoms with Gasteiger partial charge < -0.3 is 5.32 Å². The third-order valence-corrected chi connectivity index (χ3v) is 2.58. The normalized spacial score (nSPS) is 11.7. The predicted molar refractivity (Wildman–Crippen MR) is 67.4 cm³/mol. The molecule has 1 aromatic heterocycles. The first-order valence-corrected chi connectivity index (χ1v) is 5.90. The van der Waals surface area contributed by atoms with Crippen LogP contribution in [0.1, 0.15) is 25.2 Å². The average molecular weight is 224 g/mol. The average Bonchev–Trinajstić information content (AvgIpc) is 2.44. The molecule has 1 rings (SSSR count). The molecule has 0 saturated heterocycles. The van der Waals surface area contributed by atoms with Crippen molar-refractivity contribution >= 4 is 0 Å². The minimum atomic E-state index is 0.562. The fourth-order valence-corrected chi connectivity index (χ4v) is 1.71. The van der Waals surface area contributed by atoms with E-state index in [1.165, 1.54) is 5.69 Å². The van der Waals surface area contributed by atoms with Crippen molar-refractivity contribution in [3.05, 3.63) is 17.5 Å². The minimum absolute atomic E-state index is 0.562. The van der Waals surface area contributed by atoms with Crippen LogP contribution in [-0.2, 0) is 13.6 Å². The summed E-state index contributed by atoms with van der Waals surface area (Å²) >= 11 is 0. The Morgan fingerprint density at radius 2 is 2.19 bits per heavy atom. The predicted octanol–water partition coefficient (Wildman–Crippen LogP) is 1.16. The SMILES string of the molecule is Cc1cc(CN(C)CCNC(C)C)n(C)n1. The maximum Gasteiger partial charge on any atom is 0.0597 e. The third kappa shape index (κ3) is 4.33. The van der Waals surface area contributed by atoms with Gasteiger partial charge in [-0.15, -0.1) is 0 Å². The van der Waals surface area contributed by atoms with Crippen molar-refractivity contribution in [2.24, 2.45) is 7.05 Å².